The molecule has 5 nitrogen and oxygen atoms in total. The zero-order valence-electron chi connectivity index (χ0n) is 13.0. The Labute approximate surface area is 136 Å². The summed E-state index contributed by atoms with van der Waals surface area (Å²) in [4.78, 5) is 9.32. The van der Waals surface area contributed by atoms with Crippen LogP contribution in [0.25, 0.3) is 0 Å². The summed E-state index contributed by atoms with van der Waals surface area (Å²) in [5.74, 6) is 0. The lowest BCUT2D eigenvalue weighted by Gasteiger charge is -2.34. The molecule has 0 N–H and O–H groups in total. The lowest BCUT2D eigenvalue weighted by molar-refractivity contribution is 0.118. The van der Waals surface area contributed by atoms with Gasteiger partial charge in [-0.25, -0.2) is 0 Å². The molecule has 1 fully saturated rings. The van der Waals surface area contributed by atoms with Gasteiger partial charge in [-0.3, -0.25) is 19.5 Å². The zero-order valence-corrected chi connectivity index (χ0v) is 13.7. The molecule has 3 rings (SSSR count). The molecule has 0 aromatic carbocycles. The van der Waals surface area contributed by atoms with Gasteiger partial charge in [0.25, 0.3) is 0 Å². The molecule has 3 heterocycles. The van der Waals surface area contributed by atoms with Crippen LogP contribution in [0.1, 0.15) is 18.3 Å². The van der Waals surface area contributed by atoms with Crippen molar-refractivity contribution < 1.29 is 0 Å². The van der Waals surface area contributed by atoms with Crippen molar-refractivity contribution in [3.63, 3.8) is 0 Å². The minimum absolute atomic E-state index is 0.695. The van der Waals surface area contributed by atoms with Crippen LogP contribution in [0.15, 0.2) is 30.6 Å². The van der Waals surface area contributed by atoms with Gasteiger partial charge in [0.2, 0.25) is 0 Å². The molecular formula is C16H22ClN5. The van der Waals surface area contributed by atoms with Crippen LogP contribution in [0.3, 0.4) is 0 Å². The van der Waals surface area contributed by atoms with Crippen LogP contribution in [-0.4, -0.2) is 50.7 Å². The molecule has 118 valence electrons. The summed E-state index contributed by atoms with van der Waals surface area (Å²) in [5, 5.41) is 5.03. The van der Waals surface area contributed by atoms with Gasteiger partial charge in [-0.15, -0.1) is 0 Å². The van der Waals surface area contributed by atoms with Crippen molar-refractivity contribution in [2.24, 2.45) is 0 Å². The number of aryl methyl sites for hydroxylation is 1. The van der Waals surface area contributed by atoms with Crippen molar-refractivity contribution in [1.82, 2.24) is 24.6 Å². The Morgan fingerprint density at radius 1 is 1.05 bits per heavy atom. The molecule has 1 aliphatic heterocycles. The molecule has 0 amide bonds. The normalized spacial score (nSPS) is 17.0. The van der Waals surface area contributed by atoms with Crippen molar-refractivity contribution in [2.45, 2.75) is 26.6 Å². The highest BCUT2D eigenvalue weighted by Crippen LogP contribution is 2.12. The van der Waals surface area contributed by atoms with Crippen molar-refractivity contribution in [1.29, 1.82) is 0 Å². The van der Waals surface area contributed by atoms with Gasteiger partial charge in [-0.1, -0.05) is 11.6 Å². The van der Waals surface area contributed by atoms with E-state index >= 15 is 0 Å². The first-order chi connectivity index (χ1) is 10.7. The average molecular weight is 320 g/mol. The summed E-state index contributed by atoms with van der Waals surface area (Å²) in [6, 6.07) is 6.04. The fourth-order valence-electron chi connectivity index (χ4n) is 2.84. The van der Waals surface area contributed by atoms with Gasteiger partial charge in [0.05, 0.1) is 16.4 Å². The SMILES string of the molecule is CCn1nccc1CN1CCN(Cc2ccc(Cl)cn2)CC1. The second-order valence-electron chi connectivity index (χ2n) is 5.66. The lowest BCUT2D eigenvalue weighted by Crippen LogP contribution is -2.45. The molecule has 0 aliphatic carbocycles. The van der Waals surface area contributed by atoms with E-state index in [0.717, 1.165) is 51.5 Å². The largest absolute Gasteiger partial charge is 0.295 e. The molecule has 0 spiro atoms. The van der Waals surface area contributed by atoms with E-state index in [1.165, 1.54) is 5.69 Å². The highest BCUT2D eigenvalue weighted by Gasteiger charge is 2.18. The van der Waals surface area contributed by atoms with Gasteiger partial charge >= 0.3 is 0 Å². The Balaban J connectivity index is 1.49. The molecule has 0 radical (unpaired) electrons. The predicted octanol–water partition coefficient (Wildman–Crippen LogP) is 2.27. The van der Waals surface area contributed by atoms with Gasteiger partial charge < -0.3 is 0 Å². The third-order valence-electron chi connectivity index (χ3n) is 4.13. The highest BCUT2D eigenvalue weighted by molar-refractivity contribution is 6.30. The molecule has 22 heavy (non-hydrogen) atoms. The lowest BCUT2D eigenvalue weighted by atomic mass is 10.2. The monoisotopic (exact) mass is 319 g/mol. The van der Waals surface area contributed by atoms with Gasteiger partial charge in [-0.05, 0) is 25.1 Å². The van der Waals surface area contributed by atoms with Crippen LogP contribution >= 0.6 is 11.6 Å². The van der Waals surface area contributed by atoms with Crippen molar-refractivity contribution >= 4 is 11.6 Å². The van der Waals surface area contributed by atoms with Gasteiger partial charge in [0, 0.05) is 58.2 Å². The van der Waals surface area contributed by atoms with Gasteiger partial charge in [0.15, 0.2) is 0 Å². The van der Waals surface area contributed by atoms with Crippen molar-refractivity contribution in [3.05, 3.63) is 47.0 Å². The topological polar surface area (TPSA) is 37.2 Å². The summed E-state index contributed by atoms with van der Waals surface area (Å²) < 4.78 is 2.07. The van der Waals surface area contributed by atoms with Gasteiger partial charge in [0.1, 0.15) is 0 Å². The van der Waals surface area contributed by atoms with E-state index < -0.39 is 0 Å². The maximum absolute atomic E-state index is 5.88. The smallest absolute Gasteiger partial charge is 0.0589 e. The van der Waals surface area contributed by atoms with Crippen molar-refractivity contribution in [3.8, 4) is 0 Å². The third-order valence-corrected chi connectivity index (χ3v) is 4.35. The number of halogens is 1. The van der Waals surface area contributed by atoms with Crippen LogP contribution in [0, 0.1) is 0 Å². The van der Waals surface area contributed by atoms with E-state index in [1.54, 1.807) is 6.20 Å². The minimum atomic E-state index is 0.695. The number of nitrogens with zero attached hydrogens (tertiary/aromatic N) is 5. The summed E-state index contributed by atoms with van der Waals surface area (Å²) in [5.41, 5.74) is 2.39. The number of aromatic nitrogens is 3. The highest BCUT2D eigenvalue weighted by atomic mass is 35.5. The fraction of sp³-hybridized carbons (Fsp3) is 0.500. The van der Waals surface area contributed by atoms with Crippen LogP contribution < -0.4 is 0 Å². The first-order valence-electron chi connectivity index (χ1n) is 7.80. The first kappa shape index (κ1) is 15.5. The van der Waals surface area contributed by atoms with Crippen LogP contribution in [0.2, 0.25) is 5.02 Å². The second-order valence-corrected chi connectivity index (χ2v) is 6.09. The van der Waals surface area contributed by atoms with Crippen LogP contribution in [0.4, 0.5) is 0 Å². The molecule has 0 unspecified atom stereocenters. The van der Waals surface area contributed by atoms with Crippen LogP contribution in [0.5, 0.6) is 0 Å². The third kappa shape index (κ3) is 3.85. The molecule has 0 atom stereocenters. The average Bonchev–Trinajstić information content (AvgIpc) is 2.99. The minimum Gasteiger partial charge on any atom is -0.295 e. The molecule has 0 saturated carbocycles. The Hall–Kier alpha value is -1.43. The summed E-state index contributed by atoms with van der Waals surface area (Å²) in [6.07, 6.45) is 3.61. The van der Waals surface area contributed by atoms with E-state index in [-0.39, 0.29) is 0 Å². The molecule has 1 aliphatic rings. The molecular weight excluding hydrogens is 298 g/mol. The summed E-state index contributed by atoms with van der Waals surface area (Å²) >= 11 is 5.88. The van der Waals surface area contributed by atoms with E-state index in [2.05, 4.69) is 37.6 Å². The molecule has 2 aromatic rings. The first-order valence-corrected chi connectivity index (χ1v) is 8.18. The Morgan fingerprint density at radius 2 is 1.77 bits per heavy atom. The second kappa shape index (κ2) is 7.22. The zero-order chi connectivity index (χ0) is 15.4. The van der Waals surface area contributed by atoms with Gasteiger partial charge in [-0.2, -0.15) is 5.10 Å². The molecule has 0 bridgehead atoms. The maximum Gasteiger partial charge on any atom is 0.0589 e. The predicted molar refractivity (Wildman–Crippen MR) is 87.7 cm³/mol. The molecule has 2 aromatic heterocycles. The van der Waals surface area contributed by atoms with E-state index in [1.807, 2.05) is 18.3 Å². The van der Waals surface area contributed by atoms with Crippen LogP contribution in [-0.2, 0) is 19.6 Å². The van der Waals surface area contributed by atoms with E-state index in [9.17, 15) is 0 Å². The Bertz CT molecular complexity index is 587. The number of piperazine rings is 1. The number of hydrogen-bond donors (Lipinski definition) is 0. The van der Waals surface area contributed by atoms with E-state index in [4.69, 9.17) is 11.6 Å². The molecule has 1 saturated heterocycles. The summed E-state index contributed by atoms with van der Waals surface area (Å²) in [6.45, 7) is 9.27. The number of hydrogen-bond acceptors (Lipinski definition) is 4. The van der Waals surface area contributed by atoms with Crippen molar-refractivity contribution in [2.75, 3.05) is 26.2 Å². The molecule has 6 heteroatoms. The maximum atomic E-state index is 5.88. The number of pyridine rings is 1. The quantitative estimate of drug-likeness (QED) is 0.847. The fourth-order valence-corrected chi connectivity index (χ4v) is 2.95. The summed E-state index contributed by atoms with van der Waals surface area (Å²) in [7, 11) is 0. The number of rotatable bonds is 5. The van der Waals surface area contributed by atoms with E-state index in [0.29, 0.717) is 5.02 Å². The standard InChI is InChI=1S/C16H22ClN5/c1-2-22-16(5-6-19-22)13-21-9-7-20(8-10-21)12-15-4-3-14(17)11-18-15/h3-6,11H,2,7-10,12-13H2,1H3. The Morgan fingerprint density at radius 3 is 2.41 bits per heavy atom. The Kier molecular flexibility index (Phi) is 5.08.